The van der Waals surface area contributed by atoms with Crippen molar-refractivity contribution in [2.45, 2.75) is 65.1 Å². The van der Waals surface area contributed by atoms with E-state index in [9.17, 15) is 25.2 Å². The number of Topliss-reactive ketones (excluding diaryl/α,β-unsaturated/α-hetero) is 1. The molecular weight excluding hydrogens is 320 g/mol. The molecule has 3 unspecified atom stereocenters. The zero-order valence-electron chi connectivity index (χ0n) is 15.7. The van der Waals surface area contributed by atoms with Crippen LogP contribution in [-0.2, 0) is 4.79 Å². The van der Waals surface area contributed by atoms with Gasteiger partial charge in [-0.1, -0.05) is 31.6 Å². The predicted octanol–water partition coefficient (Wildman–Crippen LogP) is 3.34. The van der Waals surface area contributed by atoms with Crippen molar-refractivity contribution >= 4 is 5.78 Å². The second-order valence-corrected chi connectivity index (χ2v) is 8.16. The van der Waals surface area contributed by atoms with Crippen LogP contribution in [0.25, 0.3) is 0 Å². The average Bonchev–Trinajstić information content (AvgIpc) is 2.50. The Bertz CT molecular complexity index is 647. The first-order valence-electron chi connectivity index (χ1n) is 8.90. The Labute approximate surface area is 149 Å². The van der Waals surface area contributed by atoms with Gasteiger partial charge in [0.05, 0.1) is 0 Å². The number of carbonyl (C=O) groups is 1. The summed E-state index contributed by atoms with van der Waals surface area (Å²) in [4.78, 5) is 12.1. The number of allylic oxidation sites excluding steroid dienone is 2. The first-order chi connectivity index (χ1) is 11.4. The number of aliphatic hydroxyl groups is 4. The second kappa shape index (κ2) is 6.61. The van der Waals surface area contributed by atoms with E-state index in [1.165, 1.54) is 13.8 Å². The van der Waals surface area contributed by atoms with Gasteiger partial charge in [0.1, 0.15) is 11.2 Å². The molecule has 5 heteroatoms. The van der Waals surface area contributed by atoms with Gasteiger partial charge in [-0.05, 0) is 45.1 Å². The van der Waals surface area contributed by atoms with Crippen molar-refractivity contribution in [1.82, 2.24) is 0 Å². The van der Waals surface area contributed by atoms with Gasteiger partial charge in [-0.25, -0.2) is 0 Å². The molecule has 0 radical (unpaired) electrons. The van der Waals surface area contributed by atoms with Gasteiger partial charge in [-0.15, -0.1) is 0 Å². The first-order valence-corrected chi connectivity index (χ1v) is 8.90. The van der Waals surface area contributed by atoms with Crippen LogP contribution in [0, 0.1) is 17.8 Å². The lowest BCUT2D eigenvalue weighted by atomic mass is 9.62. The van der Waals surface area contributed by atoms with Crippen LogP contribution in [0.3, 0.4) is 0 Å². The van der Waals surface area contributed by atoms with Crippen LogP contribution >= 0.6 is 0 Å². The lowest BCUT2D eigenvalue weighted by Gasteiger charge is -2.46. The van der Waals surface area contributed by atoms with E-state index >= 15 is 0 Å². The SMILES string of the molecule is CC1=CCC2C=C(C(C)C)C(O)=C(O)C2(O)C1CCC(=O)C(C)(C)O. The van der Waals surface area contributed by atoms with Gasteiger partial charge in [0.25, 0.3) is 0 Å². The zero-order chi connectivity index (χ0) is 19.2. The molecule has 4 N–H and O–H groups in total. The molecule has 2 aliphatic rings. The second-order valence-electron chi connectivity index (χ2n) is 8.16. The van der Waals surface area contributed by atoms with Crippen LogP contribution in [0.1, 0.15) is 53.9 Å². The van der Waals surface area contributed by atoms with Gasteiger partial charge in [-0.3, -0.25) is 4.79 Å². The molecule has 0 aromatic rings. The monoisotopic (exact) mass is 350 g/mol. The van der Waals surface area contributed by atoms with Crippen LogP contribution in [0.5, 0.6) is 0 Å². The number of aliphatic hydroxyl groups excluding tert-OH is 2. The molecule has 3 atom stereocenters. The summed E-state index contributed by atoms with van der Waals surface area (Å²) in [5, 5.41) is 42.2. The Kier molecular flexibility index (Phi) is 5.22. The predicted molar refractivity (Wildman–Crippen MR) is 96.0 cm³/mol. The molecule has 5 nitrogen and oxygen atoms in total. The summed E-state index contributed by atoms with van der Waals surface area (Å²) in [5.74, 6) is -1.81. The Morgan fingerprint density at radius 1 is 1.36 bits per heavy atom. The summed E-state index contributed by atoms with van der Waals surface area (Å²) in [6.45, 7) is 8.58. The molecule has 0 saturated heterocycles. The Morgan fingerprint density at radius 3 is 2.48 bits per heavy atom. The molecule has 0 saturated carbocycles. The minimum Gasteiger partial charge on any atom is -0.506 e. The maximum Gasteiger partial charge on any atom is 0.167 e. The van der Waals surface area contributed by atoms with Crippen LogP contribution in [0.4, 0.5) is 0 Å². The Balaban J connectivity index is 2.37. The summed E-state index contributed by atoms with van der Waals surface area (Å²) in [7, 11) is 0. The Morgan fingerprint density at radius 2 is 1.96 bits per heavy atom. The third kappa shape index (κ3) is 3.40. The summed E-state index contributed by atoms with van der Waals surface area (Å²) in [6, 6.07) is 0. The van der Waals surface area contributed by atoms with Gasteiger partial charge < -0.3 is 20.4 Å². The largest absolute Gasteiger partial charge is 0.506 e. The maximum atomic E-state index is 12.1. The molecular formula is C20H30O5. The van der Waals surface area contributed by atoms with Crippen LogP contribution in [0.2, 0.25) is 0 Å². The normalized spacial score (nSPS) is 30.1. The van der Waals surface area contributed by atoms with Gasteiger partial charge in [0.2, 0.25) is 0 Å². The van der Waals surface area contributed by atoms with Crippen molar-refractivity contribution in [2.24, 2.45) is 17.8 Å². The van der Waals surface area contributed by atoms with Crippen LogP contribution < -0.4 is 0 Å². The highest BCUT2D eigenvalue weighted by molar-refractivity contribution is 5.86. The average molecular weight is 350 g/mol. The minimum absolute atomic E-state index is 0.0221. The number of fused-ring (bicyclic) bond motifs is 1. The number of hydrogen-bond donors (Lipinski definition) is 4. The van der Waals surface area contributed by atoms with Crippen molar-refractivity contribution in [3.63, 3.8) is 0 Å². The molecule has 0 amide bonds. The fraction of sp³-hybridized carbons (Fsp3) is 0.650. The first kappa shape index (κ1) is 19.7. The highest BCUT2D eigenvalue weighted by atomic mass is 16.4. The third-order valence-corrected chi connectivity index (χ3v) is 5.56. The molecule has 0 aromatic heterocycles. The van der Waals surface area contributed by atoms with Crippen molar-refractivity contribution in [2.75, 3.05) is 0 Å². The number of carbonyl (C=O) groups excluding carboxylic acids is 1. The van der Waals surface area contributed by atoms with E-state index in [0.717, 1.165) is 5.57 Å². The molecule has 0 bridgehead atoms. The summed E-state index contributed by atoms with van der Waals surface area (Å²) in [5.41, 5.74) is -1.54. The van der Waals surface area contributed by atoms with E-state index in [4.69, 9.17) is 0 Å². The van der Waals surface area contributed by atoms with Crippen molar-refractivity contribution < 1.29 is 25.2 Å². The fourth-order valence-corrected chi connectivity index (χ4v) is 3.89. The third-order valence-electron chi connectivity index (χ3n) is 5.56. The van der Waals surface area contributed by atoms with E-state index in [0.29, 0.717) is 18.4 Å². The molecule has 0 aliphatic heterocycles. The molecule has 25 heavy (non-hydrogen) atoms. The van der Waals surface area contributed by atoms with E-state index in [2.05, 4.69) is 0 Å². The van der Waals surface area contributed by atoms with Crippen molar-refractivity contribution in [1.29, 1.82) is 0 Å². The van der Waals surface area contributed by atoms with E-state index in [1.807, 2.05) is 32.9 Å². The standard InChI is InChI=1S/C20H30O5/c1-11(2)14-10-13-7-6-12(3)15(8-9-16(21)19(4,5)24)20(13,25)18(23)17(14)22/h6,10-11,13,15,22-25H,7-9H2,1-5H3. The van der Waals surface area contributed by atoms with Gasteiger partial charge in [0, 0.05) is 18.3 Å². The lowest BCUT2D eigenvalue weighted by Crippen LogP contribution is -2.51. The van der Waals surface area contributed by atoms with Crippen LogP contribution in [-0.4, -0.2) is 37.4 Å². The molecule has 0 aromatic carbocycles. The molecule has 2 aliphatic carbocycles. The van der Waals surface area contributed by atoms with E-state index in [-0.39, 0.29) is 29.8 Å². The van der Waals surface area contributed by atoms with E-state index < -0.39 is 22.9 Å². The van der Waals surface area contributed by atoms with E-state index in [1.54, 1.807) is 0 Å². The molecule has 0 fully saturated rings. The van der Waals surface area contributed by atoms with Crippen LogP contribution in [0.15, 0.2) is 34.8 Å². The van der Waals surface area contributed by atoms with Crippen molar-refractivity contribution in [3.05, 3.63) is 34.8 Å². The number of rotatable bonds is 5. The number of ketones is 1. The van der Waals surface area contributed by atoms with Gasteiger partial charge in [-0.2, -0.15) is 0 Å². The minimum atomic E-state index is -1.62. The summed E-state index contributed by atoms with van der Waals surface area (Å²) < 4.78 is 0. The molecule has 2 rings (SSSR count). The molecule has 0 spiro atoms. The fourth-order valence-electron chi connectivity index (χ4n) is 3.89. The highest BCUT2D eigenvalue weighted by Gasteiger charge is 2.52. The topological polar surface area (TPSA) is 98.0 Å². The quantitative estimate of drug-likeness (QED) is 0.570. The number of hydrogen-bond acceptors (Lipinski definition) is 5. The van der Waals surface area contributed by atoms with Gasteiger partial charge >= 0.3 is 0 Å². The highest BCUT2D eigenvalue weighted by Crippen LogP contribution is 2.50. The zero-order valence-corrected chi connectivity index (χ0v) is 15.7. The summed E-state index contributed by atoms with van der Waals surface area (Å²) >= 11 is 0. The molecule has 140 valence electrons. The maximum absolute atomic E-state index is 12.1. The molecule has 0 heterocycles. The smallest absolute Gasteiger partial charge is 0.167 e. The van der Waals surface area contributed by atoms with Crippen molar-refractivity contribution in [3.8, 4) is 0 Å². The van der Waals surface area contributed by atoms with Gasteiger partial charge in [0.15, 0.2) is 17.3 Å². The summed E-state index contributed by atoms with van der Waals surface area (Å²) in [6.07, 6.45) is 4.80. The Hall–Kier alpha value is -1.59. The lowest BCUT2D eigenvalue weighted by molar-refractivity contribution is -0.135.